The number of carbonyl (C=O) groups is 1. The summed E-state index contributed by atoms with van der Waals surface area (Å²) in [5.74, 6) is 0.0147. The first-order valence-electron chi connectivity index (χ1n) is 7.17. The Hall–Kier alpha value is -1.50. The number of hydrogen-bond donors (Lipinski definition) is 3. The highest BCUT2D eigenvalue weighted by atomic mass is 35.5. The van der Waals surface area contributed by atoms with Crippen LogP contribution in [-0.2, 0) is 0 Å². The van der Waals surface area contributed by atoms with E-state index in [0.29, 0.717) is 34.9 Å². The second-order valence-electron chi connectivity index (χ2n) is 5.78. The Morgan fingerprint density at radius 2 is 2.14 bits per heavy atom. The first kappa shape index (κ1) is 16.9. The van der Waals surface area contributed by atoms with E-state index in [1.54, 1.807) is 0 Å². The molecule has 1 aromatic rings. The lowest BCUT2D eigenvalue weighted by molar-refractivity contribution is -0.0135. The van der Waals surface area contributed by atoms with E-state index in [1.165, 1.54) is 19.2 Å². The number of methoxy groups -OCH3 is 1. The van der Waals surface area contributed by atoms with Crippen molar-refractivity contribution >= 4 is 23.2 Å². The molecule has 6 nitrogen and oxygen atoms in total. The maximum Gasteiger partial charge on any atom is 0.255 e. The third-order valence-corrected chi connectivity index (χ3v) is 4.39. The van der Waals surface area contributed by atoms with E-state index in [4.69, 9.17) is 22.1 Å². The van der Waals surface area contributed by atoms with Crippen molar-refractivity contribution in [3.05, 3.63) is 22.7 Å². The zero-order valence-corrected chi connectivity index (χ0v) is 13.6. The minimum atomic E-state index is -0.868. The summed E-state index contributed by atoms with van der Waals surface area (Å²) in [5, 5.41) is 13.5. The van der Waals surface area contributed by atoms with Gasteiger partial charge in [-0.15, -0.1) is 0 Å². The average Bonchev–Trinajstić information content (AvgIpc) is 2.50. The molecule has 0 spiro atoms. The van der Waals surface area contributed by atoms with Gasteiger partial charge in [-0.25, -0.2) is 0 Å². The Kier molecular flexibility index (Phi) is 5.16. The van der Waals surface area contributed by atoms with E-state index in [-0.39, 0.29) is 12.5 Å². The third-order valence-electron chi connectivity index (χ3n) is 4.06. The van der Waals surface area contributed by atoms with Gasteiger partial charge in [0, 0.05) is 25.7 Å². The molecule has 1 fully saturated rings. The molecule has 0 radical (unpaired) electrons. The van der Waals surface area contributed by atoms with Gasteiger partial charge >= 0.3 is 0 Å². The predicted molar refractivity (Wildman–Crippen MR) is 86.4 cm³/mol. The summed E-state index contributed by atoms with van der Waals surface area (Å²) in [6.45, 7) is 1.82. The zero-order chi connectivity index (χ0) is 16.3. The second-order valence-corrected chi connectivity index (χ2v) is 6.19. The Balaban J connectivity index is 2.05. The zero-order valence-electron chi connectivity index (χ0n) is 12.9. The monoisotopic (exact) mass is 327 g/mol. The lowest BCUT2D eigenvalue weighted by Crippen LogP contribution is -2.50. The number of nitrogens with one attached hydrogen (secondary N) is 1. The molecule has 1 amide bonds. The molecule has 0 aliphatic carbocycles. The van der Waals surface area contributed by atoms with Gasteiger partial charge in [-0.05, 0) is 26.0 Å². The molecule has 2 rings (SSSR count). The van der Waals surface area contributed by atoms with Gasteiger partial charge in [0.1, 0.15) is 5.75 Å². The fraction of sp³-hybridized carbons (Fsp3) is 0.533. The van der Waals surface area contributed by atoms with Crippen molar-refractivity contribution in [1.82, 2.24) is 10.2 Å². The fourth-order valence-corrected chi connectivity index (χ4v) is 2.63. The van der Waals surface area contributed by atoms with Gasteiger partial charge in [-0.2, -0.15) is 0 Å². The number of amides is 1. The average molecular weight is 328 g/mol. The van der Waals surface area contributed by atoms with Gasteiger partial charge in [0.05, 0.1) is 29.0 Å². The minimum Gasteiger partial charge on any atom is -0.496 e. The van der Waals surface area contributed by atoms with Crippen LogP contribution in [0, 0.1) is 0 Å². The van der Waals surface area contributed by atoms with Gasteiger partial charge in [-0.3, -0.25) is 4.79 Å². The smallest absolute Gasteiger partial charge is 0.255 e. The summed E-state index contributed by atoms with van der Waals surface area (Å²) in [6.07, 6.45) is 1.26. The van der Waals surface area contributed by atoms with Crippen molar-refractivity contribution in [2.24, 2.45) is 0 Å². The van der Waals surface area contributed by atoms with Crippen molar-refractivity contribution in [1.29, 1.82) is 0 Å². The number of nitrogens with zero attached hydrogens (tertiary/aromatic N) is 1. The number of hydrogen-bond acceptors (Lipinski definition) is 5. The molecule has 0 aromatic heterocycles. The summed E-state index contributed by atoms with van der Waals surface area (Å²) < 4.78 is 5.16. The van der Waals surface area contributed by atoms with Crippen molar-refractivity contribution in [3.63, 3.8) is 0 Å². The molecule has 0 bridgehead atoms. The molecule has 1 saturated heterocycles. The SMILES string of the molecule is COc1cc(N)c(Cl)cc1C(=O)NCC1(O)CCN(C)CC1. The van der Waals surface area contributed by atoms with Crippen LogP contribution in [0.2, 0.25) is 5.02 Å². The Morgan fingerprint density at radius 1 is 1.50 bits per heavy atom. The topological polar surface area (TPSA) is 87.8 Å². The highest BCUT2D eigenvalue weighted by Gasteiger charge is 2.31. The maximum absolute atomic E-state index is 12.3. The number of carbonyl (C=O) groups excluding carboxylic acids is 1. The predicted octanol–water partition coefficient (Wildman–Crippen LogP) is 1.12. The van der Waals surface area contributed by atoms with Crippen LogP contribution in [0.1, 0.15) is 23.2 Å². The number of nitrogens with two attached hydrogens (primary N) is 1. The summed E-state index contributed by atoms with van der Waals surface area (Å²) in [6, 6.07) is 2.99. The third kappa shape index (κ3) is 3.82. The number of benzene rings is 1. The lowest BCUT2D eigenvalue weighted by atomic mass is 9.91. The molecular formula is C15H22ClN3O3. The van der Waals surface area contributed by atoms with Crippen LogP contribution in [0.5, 0.6) is 5.75 Å². The molecule has 1 heterocycles. The van der Waals surface area contributed by atoms with Crippen LogP contribution in [-0.4, -0.2) is 55.3 Å². The molecule has 22 heavy (non-hydrogen) atoms. The van der Waals surface area contributed by atoms with Gasteiger partial charge in [0.25, 0.3) is 5.91 Å². The Morgan fingerprint density at radius 3 is 2.73 bits per heavy atom. The molecule has 0 atom stereocenters. The molecule has 122 valence electrons. The quantitative estimate of drug-likeness (QED) is 0.721. The van der Waals surface area contributed by atoms with E-state index < -0.39 is 5.60 Å². The molecule has 4 N–H and O–H groups in total. The van der Waals surface area contributed by atoms with Crippen LogP contribution < -0.4 is 15.8 Å². The van der Waals surface area contributed by atoms with Gasteiger partial charge < -0.3 is 25.8 Å². The molecule has 7 heteroatoms. The van der Waals surface area contributed by atoms with Crippen molar-refractivity contribution in [2.75, 3.05) is 39.5 Å². The van der Waals surface area contributed by atoms with E-state index in [9.17, 15) is 9.90 Å². The standard InChI is InChI=1S/C15H22ClN3O3/c1-19-5-3-15(21,4-6-19)9-18-14(20)10-7-11(16)12(17)8-13(10)22-2/h7-8,21H,3-6,9,17H2,1-2H3,(H,18,20). The number of likely N-dealkylation sites (tertiary alicyclic amines) is 1. The van der Waals surface area contributed by atoms with E-state index >= 15 is 0 Å². The summed E-state index contributed by atoms with van der Waals surface area (Å²) in [4.78, 5) is 14.5. The summed E-state index contributed by atoms with van der Waals surface area (Å²) in [7, 11) is 3.48. The largest absolute Gasteiger partial charge is 0.496 e. The highest BCUT2D eigenvalue weighted by Crippen LogP contribution is 2.29. The Labute approximate surface area is 135 Å². The molecule has 1 aliphatic rings. The van der Waals surface area contributed by atoms with Crippen LogP contribution in [0.3, 0.4) is 0 Å². The number of halogens is 1. The maximum atomic E-state index is 12.3. The van der Waals surface area contributed by atoms with E-state index in [0.717, 1.165) is 13.1 Å². The molecule has 0 saturated carbocycles. The number of nitrogen functional groups attached to an aromatic ring is 1. The number of rotatable bonds is 4. The van der Waals surface area contributed by atoms with Crippen LogP contribution in [0.25, 0.3) is 0 Å². The first-order valence-corrected chi connectivity index (χ1v) is 7.54. The van der Waals surface area contributed by atoms with E-state index in [1.807, 2.05) is 7.05 Å². The van der Waals surface area contributed by atoms with Crippen LogP contribution in [0.4, 0.5) is 5.69 Å². The van der Waals surface area contributed by atoms with Crippen LogP contribution >= 0.6 is 11.6 Å². The molecular weight excluding hydrogens is 306 g/mol. The second kappa shape index (κ2) is 6.73. The summed E-state index contributed by atoms with van der Waals surface area (Å²) >= 11 is 5.96. The van der Waals surface area contributed by atoms with Crippen LogP contribution in [0.15, 0.2) is 12.1 Å². The van der Waals surface area contributed by atoms with E-state index in [2.05, 4.69) is 10.2 Å². The molecule has 1 aromatic carbocycles. The van der Waals surface area contributed by atoms with Gasteiger partial charge in [0.2, 0.25) is 0 Å². The van der Waals surface area contributed by atoms with Crippen molar-refractivity contribution in [2.45, 2.75) is 18.4 Å². The normalized spacial score (nSPS) is 18.0. The van der Waals surface area contributed by atoms with Gasteiger partial charge in [-0.1, -0.05) is 11.6 Å². The number of piperidine rings is 1. The first-order chi connectivity index (χ1) is 10.3. The fourth-order valence-electron chi connectivity index (χ4n) is 2.47. The van der Waals surface area contributed by atoms with Crippen molar-refractivity contribution in [3.8, 4) is 5.75 Å². The summed E-state index contributed by atoms with van der Waals surface area (Å²) in [5.41, 5.74) is 5.49. The molecule has 0 unspecified atom stereocenters. The number of anilines is 1. The van der Waals surface area contributed by atoms with Crippen molar-refractivity contribution < 1.29 is 14.6 Å². The Bertz CT molecular complexity index is 557. The van der Waals surface area contributed by atoms with Gasteiger partial charge in [0.15, 0.2) is 0 Å². The lowest BCUT2D eigenvalue weighted by Gasteiger charge is -2.36. The molecule has 1 aliphatic heterocycles. The number of aliphatic hydroxyl groups is 1. The number of ether oxygens (including phenoxy) is 1. The highest BCUT2D eigenvalue weighted by molar-refractivity contribution is 6.33. The minimum absolute atomic E-state index is 0.199.